The van der Waals surface area contributed by atoms with Gasteiger partial charge in [-0.2, -0.15) is 4.31 Å². The Bertz CT molecular complexity index is 226. The minimum absolute atomic E-state index is 0.108. The van der Waals surface area contributed by atoms with Crippen molar-refractivity contribution in [1.82, 2.24) is 9.62 Å². The van der Waals surface area contributed by atoms with Gasteiger partial charge in [-0.15, -0.1) is 0 Å². The van der Waals surface area contributed by atoms with E-state index in [1.807, 2.05) is 0 Å². The molecule has 0 radical (unpaired) electrons. The fourth-order valence-electron chi connectivity index (χ4n) is 1.22. The van der Waals surface area contributed by atoms with Gasteiger partial charge in [0.1, 0.15) is 5.88 Å². The van der Waals surface area contributed by atoms with Crippen LogP contribution in [-0.2, 0) is 10.0 Å². The van der Waals surface area contributed by atoms with Crippen LogP contribution in [0.25, 0.3) is 0 Å². The maximum Gasteiger partial charge on any atom is 0.227 e. The third-order valence-electron chi connectivity index (χ3n) is 1.98. The van der Waals surface area contributed by atoms with E-state index in [1.165, 1.54) is 0 Å². The summed E-state index contributed by atoms with van der Waals surface area (Å²) in [4.78, 5) is 0. The second-order valence-corrected chi connectivity index (χ2v) is 4.98. The summed E-state index contributed by atoms with van der Waals surface area (Å²) in [5.74, 6) is 0.108. The van der Waals surface area contributed by atoms with Gasteiger partial charge in [-0.05, 0) is 6.42 Å². The van der Waals surface area contributed by atoms with Gasteiger partial charge in [0, 0.05) is 19.6 Å². The van der Waals surface area contributed by atoms with Gasteiger partial charge in [-0.3, -0.25) is 0 Å². The van der Waals surface area contributed by atoms with Crippen LogP contribution in [0, 0.1) is 0 Å². The zero-order chi connectivity index (χ0) is 9.03. The molecule has 5 heteroatoms. The van der Waals surface area contributed by atoms with Gasteiger partial charge in [0.15, 0.2) is 0 Å². The molecule has 0 saturated carbocycles. The maximum absolute atomic E-state index is 11.4. The van der Waals surface area contributed by atoms with E-state index in [-0.39, 0.29) is 5.88 Å². The van der Waals surface area contributed by atoms with Gasteiger partial charge in [-0.25, -0.2) is 8.42 Å². The van der Waals surface area contributed by atoms with Crippen LogP contribution in [0.3, 0.4) is 0 Å². The molecule has 1 fully saturated rings. The lowest BCUT2D eigenvalue weighted by Gasteiger charge is -2.26. The molecule has 1 aliphatic rings. The number of hydrogen-bond acceptors (Lipinski definition) is 3. The van der Waals surface area contributed by atoms with Crippen LogP contribution in [-0.4, -0.2) is 38.2 Å². The van der Waals surface area contributed by atoms with Gasteiger partial charge < -0.3 is 5.32 Å². The molecule has 0 aromatic rings. The zero-order valence-corrected chi connectivity index (χ0v) is 8.23. The summed E-state index contributed by atoms with van der Waals surface area (Å²) < 4.78 is 24.3. The standard InChI is InChI=1S/C7H16N2O2S/c1-2-3-5-9-6-4-8-7-12(9,10)11/h8H,2-7H2,1H3. The SMILES string of the molecule is CCCCN1CCNCS1(=O)=O. The van der Waals surface area contributed by atoms with Crippen molar-refractivity contribution >= 4 is 10.0 Å². The Labute approximate surface area is 74.0 Å². The van der Waals surface area contributed by atoms with E-state index in [0.717, 1.165) is 19.4 Å². The van der Waals surface area contributed by atoms with E-state index >= 15 is 0 Å². The number of sulfonamides is 1. The summed E-state index contributed by atoms with van der Waals surface area (Å²) >= 11 is 0. The van der Waals surface area contributed by atoms with Crippen molar-refractivity contribution < 1.29 is 8.42 Å². The fourth-order valence-corrected chi connectivity index (χ4v) is 2.58. The van der Waals surface area contributed by atoms with Crippen LogP contribution in [0.15, 0.2) is 0 Å². The summed E-state index contributed by atoms with van der Waals surface area (Å²) in [5, 5.41) is 2.85. The lowest BCUT2D eigenvalue weighted by atomic mass is 10.3. The van der Waals surface area contributed by atoms with Gasteiger partial charge >= 0.3 is 0 Å². The highest BCUT2D eigenvalue weighted by atomic mass is 32.2. The second-order valence-electron chi connectivity index (χ2n) is 3.01. The number of rotatable bonds is 3. The molecule has 1 N–H and O–H groups in total. The molecule has 0 aromatic heterocycles. The van der Waals surface area contributed by atoms with Crippen LogP contribution in [0.4, 0.5) is 0 Å². The zero-order valence-electron chi connectivity index (χ0n) is 7.41. The van der Waals surface area contributed by atoms with Crippen molar-refractivity contribution in [3.05, 3.63) is 0 Å². The number of unbranched alkanes of at least 4 members (excludes halogenated alkanes) is 1. The Morgan fingerprint density at radius 3 is 2.83 bits per heavy atom. The lowest BCUT2D eigenvalue weighted by Crippen LogP contribution is -2.47. The van der Waals surface area contributed by atoms with E-state index in [2.05, 4.69) is 12.2 Å². The average Bonchev–Trinajstić information content (AvgIpc) is 2.02. The number of nitrogens with zero attached hydrogens (tertiary/aromatic N) is 1. The third kappa shape index (κ3) is 2.43. The Hall–Kier alpha value is -0.130. The van der Waals surface area contributed by atoms with E-state index in [1.54, 1.807) is 4.31 Å². The van der Waals surface area contributed by atoms with Crippen LogP contribution in [0.5, 0.6) is 0 Å². The monoisotopic (exact) mass is 192 g/mol. The molecule has 0 aromatic carbocycles. The molecule has 1 rings (SSSR count). The van der Waals surface area contributed by atoms with Crippen LogP contribution >= 0.6 is 0 Å². The smallest absolute Gasteiger partial charge is 0.227 e. The van der Waals surface area contributed by atoms with Crippen molar-refractivity contribution in [2.75, 3.05) is 25.5 Å². The molecule has 1 aliphatic heterocycles. The molecule has 0 aliphatic carbocycles. The number of hydrogen-bond donors (Lipinski definition) is 1. The maximum atomic E-state index is 11.4. The van der Waals surface area contributed by atoms with Gasteiger partial charge in [0.2, 0.25) is 10.0 Å². The van der Waals surface area contributed by atoms with Crippen molar-refractivity contribution in [3.8, 4) is 0 Å². The van der Waals surface area contributed by atoms with E-state index < -0.39 is 10.0 Å². The van der Waals surface area contributed by atoms with Crippen molar-refractivity contribution in [3.63, 3.8) is 0 Å². The molecule has 0 spiro atoms. The van der Waals surface area contributed by atoms with Crippen molar-refractivity contribution in [2.45, 2.75) is 19.8 Å². The van der Waals surface area contributed by atoms with Crippen molar-refractivity contribution in [1.29, 1.82) is 0 Å². The molecule has 1 heterocycles. The molecule has 4 nitrogen and oxygen atoms in total. The summed E-state index contributed by atoms with van der Waals surface area (Å²) in [6.45, 7) is 4.15. The van der Waals surface area contributed by atoms with Gasteiger partial charge in [-0.1, -0.05) is 13.3 Å². The Morgan fingerprint density at radius 1 is 1.50 bits per heavy atom. The Kier molecular flexibility index (Phi) is 3.49. The highest BCUT2D eigenvalue weighted by Gasteiger charge is 2.24. The fraction of sp³-hybridized carbons (Fsp3) is 1.00. The lowest BCUT2D eigenvalue weighted by molar-refractivity contribution is 0.378. The highest BCUT2D eigenvalue weighted by Crippen LogP contribution is 2.05. The predicted molar refractivity (Wildman–Crippen MR) is 48.3 cm³/mol. The molecule has 0 atom stereocenters. The van der Waals surface area contributed by atoms with Crippen LogP contribution in [0.1, 0.15) is 19.8 Å². The number of nitrogens with one attached hydrogen (secondary N) is 1. The predicted octanol–water partition coefficient (Wildman–Crippen LogP) is -0.0210. The molecular weight excluding hydrogens is 176 g/mol. The molecule has 72 valence electrons. The van der Waals surface area contributed by atoms with E-state index in [4.69, 9.17) is 0 Å². The summed E-state index contributed by atoms with van der Waals surface area (Å²) in [5.41, 5.74) is 0. The third-order valence-corrected chi connectivity index (χ3v) is 3.70. The van der Waals surface area contributed by atoms with Gasteiger partial charge in [0.05, 0.1) is 0 Å². The second kappa shape index (κ2) is 4.20. The Balaban J connectivity index is 2.49. The first kappa shape index (κ1) is 9.95. The first-order chi connectivity index (χ1) is 5.67. The minimum Gasteiger partial charge on any atom is -0.301 e. The molecule has 0 bridgehead atoms. The van der Waals surface area contributed by atoms with Crippen molar-refractivity contribution in [2.24, 2.45) is 0 Å². The topological polar surface area (TPSA) is 49.4 Å². The molecule has 1 saturated heterocycles. The average molecular weight is 192 g/mol. The largest absolute Gasteiger partial charge is 0.301 e. The van der Waals surface area contributed by atoms with Crippen LogP contribution in [0.2, 0.25) is 0 Å². The molecule has 12 heavy (non-hydrogen) atoms. The normalized spacial score (nSPS) is 24.1. The van der Waals surface area contributed by atoms with E-state index in [0.29, 0.717) is 13.1 Å². The van der Waals surface area contributed by atoms with E-state index in [9.17, 15) is 8.42 Å². The van der Waals surface area contributed by atoms with Crippen LogP contribution < -0.4 is 5.32 Å². The molecule has 0 amide bonds. The summed E-state index contributed by atoms with van der Waals surface area (Å²) in [6.07, 6.45) is 2.00. The molecule has 0 unspecified atom stereocenters. The summed E-state index contributed by atoms with van der Waals surface area (Å²) in [7, 11) is -2.97. The molecular formula is C7H16N2O2S. The highest BCUT2D eigenvalue weighted by molar-refractivity contribution is 7.89. The van der Waals surface area contributed by atoms with Gasteiger partial charge in [0.25, 0.3) is 0 Å². The quantitative estimate of drug-likeness (QED) is 0.683. The minimum atomic E-state index is -2.97. The first-order valence-corrected chi connectivity index (χ1v) is 5.96. The summed E-state index contributed by atoms with van der Waals surface area (Å²) in [6, 6.07) is 0. The Morgan fingerprint density at radius 2 is 2.25 bits per heavy atom. The first-order valence-electron chi connectivity index (χ1n) is 4.35.